The average Bonchev–Trinajstić information content (AvgIpc) is 3.25. The molecule has 4 rings (SSSR count). The number of nitrogens with zero attached hydrogens (tertiary/aromatic N) is 2. The Hall–Kier alpha value is -1.78. The van der Waals surface area contributed by atoms with Gasteiger partial charge in [0.15, 0.2) is 6.54 Å². The van der Waals surface area contributed by atoms with Crippen LogP contribution in [0.1, 0.15) is 17.5 Å². The molecule has 1 fully saturated rings. The number of aryl methyl sites for hydroxylation is 2. The maximum Gasteiger partial charge on any atom is 0.265 e. The molecule has 0 atom stereocenters. The van der Waals surface area contributed by atoms with Gasteiger partial charge in [-0.3, -0.25) is 0 Å². The Balaban J connectivity index is 1.69. The molecule has 2 heterocycles. The van der Waals surface area contributed by atoms with Gasteiger partial charge in [0.25, 0.3) is 5.01 Å². The van der Waals surface area contributed by atoms with Crippen LogP contribution in [0.4, 0.5) is 0 Å². The minimum atomic E-state index is 1.02. The molecule has 4 heteroatoms. The lowest BCUT2D eigenvalue weighted by Gasteiger charge is -2.14. The van der Waals surface area contributed by atoms with Crippen LogP contribution in [0.3, 0.4) is 0 Å². The Morgan fingerprint density at radius 2 is 1.88 bits per heavy atom. The second-order valence-corrected chi connectivity index (χ2v) is 8.38. The lowest BCUT2D eigenvalue weighted by molar-refractivity contribution is -0.668. The van der Waals surface area contributed by atoms with E-state index in [0.29, 0.717) is 0 Å². The monoisotopic (exact) mass is 367 g/mol. The Kier molecular flexibility index (Phi) is 5.09. The van der Waals surface area contributed by atoms with Gasteiger partial charge in [0.05, 0.1) is 11.1 Å². The van der Waals surface area contributed by atoms with Gasteiger partial charge in [-0.2, -0.15) is 4.57 Å². The number of thiazole rings is 1. The van der Waals surface area contributed by atoms with Gasteiger partial charge in [0.1, 0.15) is 4.70 Å². The lowest BCUT2D eigenvalue weighted by Crippen LogP contribution is -2.36. The fourth-order valence-electron chi connectivity index (χ4n) is 3.29. The Bertz CT molecular complexity index is 883. The van der Waals surface area contributed by atoms with Crippen molar-refractivity contribution in [1.29, 1.82) is 0 Å². The number of hydrogen-bond acceptors (Lipinski definition) is 3. The molecule has 25 heavy (non-hydrogen) atoms. The normalized spacial score (nSPS) is 16.2. The zero-order valence-corrected chi connectivity index (χ0v) is 16.2. The van der Waals surface area contributed by atoms with Gasteiger partial charge < -0.3 is 4.90 Å². The van der Waals surface area contributed by atoms with E-state index < -0.39 is 0 Å². The van der Waals surface area contributed by atoms with Crippen LogP contribution in [0.15, 0.2) is 59.6 Å². The summed E-state index contributed by atoms with van der Waals surface area (Å²) in [5, 5.41) is 2.78. The fourth-order valence-corrected chi connectivity index (χ4v) is 5.61. The van der Waals surface area contributed by atoms with Gasteiger partial charge in [-0.25, -0.2) is 0 Å². The molecule has 128 valence electrons. The number of fused-ring (bicyclic) bond motifs is 1. The van der Waals surface area contributed by atoms with Crippen molar-refractivity contribution in [1.82, 2.24) is 4.90 Å². The highest BCUT2D eigenvalue weighted by Crippen LogP contribution is 2.31. The van der Waals surface area contributed by atoms with Crippen LogP contribution in [-0.2, 0) is 13.0 Å². The first kappa shape index (κ1) is 16.7. The SMILES string of the molecule is CCN1CCSC1=Cc1sc2ccccc2[n+]1CCc1ccccc1. The molecular weight excluding hydrogens is 344 g/mol. The second-order valence-electron chi connectivity index (χ2n) is 6.21. The van der Waals surface area contributed by atoms with Crippen LogP contribution in [0.5, 0.6) is 0 Å². The molecule has 0 spiro atoms. The van der Waals surface area contributed by atoms with E-state index in [-0.39, 0.29) is 0 Å². The van der Waals surface area contributed by atoms with E-state index in [4.69, 9.17) is 0 Å². The molecule has 1 aliphatic heterocycles. The summed E-state index contributed by atoms with van der Waals surface area (Å²) in [6.45, 7) is 5.52. The molecule has 0 radical (unpaired) electrons. The second kappa shape index (κ2) is 7.63. The predicted octanol–water partition coefficient (Wildman–Crippen LogP) is 4.80. The first-order chi connectivity index (χ1) is 12.3. The quantitative estimate of drug-likeness (QED) is 0.598. The predicted molar refractivity (Wildman–Crippen MR) is 110 cm³/mol. The van der Waals surface area contributed by atoms with E-state index in [1.807, 2.05) is 23.1 Å². The van der Waals surface area contributed by atoms with Crippen LogP contribution < -0.4 is 4.57 Å². The number of benzene rings is 2. The van der Waals surface area contributed by atoms with Crippen molar-refractivity contribution in [3.8, 4) is 0 Å². The molecule has 0 amide bonds. The van der Waals surface area contributed by atoms with Gasteiger partial charge >= 0.3 is 0 Å². The van der Waals surface area contributed by atoms with Crippen molar-refractivity contribution in [3.63, 3.8) is 0 Å². The molecule has 0 saturated carbocycles. The van der Waals surface area contributed by atoms with Gasteiger partial charge in [0.2, 0.25) is 5.52 Å². The number of rotatable bonds is 5. The third-order valence-corrected chi connectivity index (χ3v) is 6.83. The van der Waals surface area contributed by atoms with Crippen molar-refractivity contribution in [2.75, 3.05) is 18.8 Å². The number of thioether (sulfide) groups is 1. The van der Waals surface area contributed by atoms with Crippen molar-refractivity contribution in [2.45, 2.75) is 19.9 Å². The molecule has 0 aliphatic carbocycles. The minimum Gasteiger partial charge on any atom is -0.366 e. The van der Waals surface area contributed by atoms with Gasteiger partial charge in [-0.15, -0.1) is 11.8 Å². The summed E-state index contributed by atoms with van der Waals surface area (Å²) < 4.78 is 3.86. The standard InChI is InChI=1S/C21H23N2S2/c1-2-22-14-15-24-20(22)16-21-23(13-12-17-8-4-3-5-9-17)18-10-6-7-11-19(18)25-21/h3-11,16H,2,12-15H2,1H3/q+1. The molecule has 1 aromatic heterocycles. The molecule has 0 unspecified atom stereocenters. The summed E-state index contributed by atoms with van der Waals surface area (Å²) in [7, 11) is 0. The van der Waals surface area contributed by atoms with Crippen molar-refractivity contribution in [2.24, 2.45) is 0 Å². The van der Waals surface area contributed by atoms with E-state index in [1.54, 1.807) is 0 Å². The first-order valence-corrected chi connectivity index (χ1v) is 10.7. The van der Waals surface area contributed by atoms with Crippen molar-refractivity contribution >= 4 is 39.4 Å². The van der Waals surface area contributed by atoms with Crippen LogP contribution in [0, 0.1) is 0 Å². The van der Waals surface area contributed by atoms with Crippen molar-refractivity contribution in [3.05, 3.63) is 70.2 Å². The zero-order chi connectivity index (χ0) is 17.1. The van der Waals surface area contributed by atoms with Crippen LogP contribution in [0.2, 0.25) is 0 Å². The van der Waals surface area contributed by atoms with Crippen LogP contribution >= 0.6 is 23.1 Å². The molecule has 3 aromatic rings. The molecule has 0 bridgehead atoms. The largest absolute Gasteiger partial charge is 0.366 e. The Morgan fingerprint density at radius 3 is 2.72 bits per heavy atom. The molecule has 2 nitrogen and oxygen atoms in total. The van der Waals surface area contributed by atoms with Crippen LogP contribution in [-0.4, -0.2) is 23.7 Å². The smallest absolute Gasteiger partial charge is 0.265 e. The third-order valence-electron chi connectivity index (χ3n) is 4.66. The summed E-state index contributed by atoms with van der Waals surface area (Å²) in [6, 6.07) is 19.6. The summed E-state index contributed by atoms with van der Waals surface area (Å²) in [5.41, 5.74) is 2.75. The Labute approximate surface area is 157 Å². The highest BCUT2D eigenvalue weighted by molar-refractivity contribution is 8.03. The van der Waals surface area contributed by atoms with E-state index in [2.05, 4.69) is 77.1 Å². The molecular formula is C21H23N2S2+. The minimum absolute atomic E-state index is 1.02. The Morgan fingerprint density at radius 1 is 1.08 bits per heavy atom. The van der Waals surface area contributed by atoms with E-state index in [1.165, 1.54) is 38.1 Å². The van der Waals surface area contributed by atoms with E-state index in [0.717, 1.165) is 19.5 Å². The van der Waals surface area contributed by atoms with Gasteiger partial charge in [0, 0.05) is 31.3 Å². The summed E-state index contributed by atoms with van der Waals surface area (Å²) in [4.78, 5) is 2.48. The lowest BCUT2D eigenvalue weighted by atomic mass is 10.1. The molecule has 1 aliphatic rings. The number of aromatic nitrogens is 1. The highest BCUT2D eigenvalue weighted by atomic mass is 32.2. The van der Waals surface area contributed by atoms with Crippen molar-refractivity contribution < 1.29 is 4.57 Å². The van der Waals surface area contributed by atoms with Gasteiger partial charge in [-0.05, 0) is 18.6 Å². The number of para-hydroxylation sites is 1. The van der Waals surface area contributed by atoms with Crippen LogP contribution in [0.25, 0.3) is 16.3 Å². The highest BCUT2D eigenvalue weighted by Gasteiger charge is 2.22. The summed E-state index contributed by atoms with van der Waals surface area (Å²) in [5.74, 6) is 1.20. The molecule has 2 aromatic carbocycles. The maximum atomic E-state index is 2.49. The topological polar surface area (TPSA) is 7.12 Å². The van der Waals surface area contributed by atoms with E-state index in [9.17, 15) is 0 Å². The first-order valence-electron chi connectivity index (χ1n) is 8.90. The van der Waals surface area contributed by atoms with Gasteiger partial charge in [-0.1, -0.05) is 53.8 Å². The average molecular weight is 368 g/mol. The van der Waals surface area contributed by atoms with E-state index >= 15 is 0 Å². The summed E-state index contributed by atoms with van der Waals surface area (Å²) in [6.07, 6.45) is 3.46. The molecule has 0 N–H and O–H groups in total. The zero-order valence-electron chi connectivity index (χ0n) is 14.5. The summed E-state index contributed by atoms with van der Waals surface area (Å²) >= 11 is 3.89. The fraction of sp³-hybridized carbons (Fsp3) is 0.286. The number of hydrogen-bond donors (Lipinski definition) is 0. The third kappa shape index (κ3) is 3.60. The molecule has 1 saturated heterocycles. The maximum absolute atomic E-state index is 2.49.